The molecule has 0 fully saturated rings. The molecule has 4 heteroatoms. The quantitative estimate of drug-likeness (QED) is 0.708. The molecule has 0 aromatic carbocycles. The molecule has 0 radical (unpaired) electrons. The highest BCUT2D eigenvalue weighted by Gasteiger charge is 2.10. The number of hydrogen-bond acceptors (Lipinski definition) is 3. The van der Waals surface area contributed by atoms with Gasteiger partial charge in [0.1, 0.15) is 5.65 Å². The molecule has 0 atom stereocenters. The Morgan fingerprint density at radius 2 is 2.36 bits per heavy atom. The molecule has 2 rings (SSSR count). The molecule has 72 valence electrons. The fourth-order valence-electron chi connectivity index (χ4n) is 1.54. The van der Waals surface area contributed by atoms with Crippen LogP contribution in [0.3, 0.4) is 0 Å². The lowest BCUT2D eigenvalue weighted by Gasteiger charge is -2.06. The standard InChI is InChI=1S/C10H11N3O/c1-6(14)8-5-13-10-7(3-4-12-10)9(8)11-2/h3-5H,1-2H3,(H2,11,12,13). The van der Waals surface area contributed by atoms with Crippen molar-refractivity contribution in [3.8, 4) is 0 Å². The van der Waals surface area contributed by atoms with E-state index in [4.69, 9.17) is 0 Å². The number of ketones is 1. The van der Waals surface area contributed by atoms with E-state index in [1.807, 2.05) is 12.3 Å². The first-order valence-corrected chi connectivity index (χ1v) is 4.39. The highest BCUT2D eigenvalue weighted by Crippen LogP contribution is 2.24. The van der Waals surface area contributed by atoms with Crippen molar-refractivity contribution in [3.05, 3.63) is 24.0 Å². The van der Waals surface area contributed by atoms with Crippen molar-refractivity contribution in [1.82, 2.24) is 9.97 Å². The summed E-state index contributed by atoms with van der Waals surface area (Å²) in [5.74, 6) is 0.0185. The molecule has 0 aliphatic heterocycles. The number of fused-ring (bicyclic) bond motifs is 1. The van der Waals surface area contributed by atoms with Crippen LogP contribution < -0.4 is 5.32 Å². The zero-order valence-electron chi connectivity index (χ0n) is 8.09. The fraction of sp³-hybridized carbons (Fsp3) is 0.200. The number of nitrogens with zero attached hydrogens (tertiary/aromatic N) is 1. The minimum atomic E-state index is 0.0185. The number of hydrogen-bond donors (Lipinski definition) is 2. The van der Waals surface area contributed by atoms with Crippen molar-refractivity contribution in [2.45, 2.75) is 6.92 Å². The number of rotatable bonds is 2. The third kappa shape index (κ3) is 1.16. The van der Waals surface area contributed by atoms with E-state index in [1.165, 1.54) is 6.92 Å². The Morgan fingerprint density at radius 1 is 1.57 bits per heavy atom. The summed E-state index contributed by atoms with van der Waals surface area (Å²) in [5.41, 5.74) is 2.25. The van der Waals surface area contributed by atoms with Crippen LogP contribution in [0.15, 0.2) is 18.5 Å². The van der Waals surface area contributed by atoms with Crippen molar-refractivity contribution in [2.75, 3.05) is 12.4 Å². The molecule has 0 bridgehead atoms. The Hall–Kier alpha value is -1.84. The van der Waals surface area contributed by atoms with Crippen LogP contribution in [0.25, 0.3) is 11.0 Å². The van der Waals surface area contributed by atoms with E-state index >= 15 is 0 Å². The van der Waals surface area contributed by atoms with Gasteiger partial charge in [-0.1, -0.05) is 0 Å². The molecule has 0 aliphatic carbocycles. The molecule has 2 aromatic rings. The lowest BCUT2D eigenvalue weighted by molar-refractivity contribution is 0.101. The number of nitrogens with one attached hydrogen (secondary N) is 2. The van der Waals surface area contributed by atoms with Gasteiger partial charge in [-0.15, -0.1) is 0 Å². The maximum atomic E-state index is 11.3. The predicted molar refractivity (Wildman–Crippen MR) is 55.6 cm³/mol. The number of carbonyl (C=O) groups excluding carboxylic acids is 1. The van der Waals surface area contributed by atoms with E-state index in [2.05, 4.69) is 15.3 Å². The van der Waals surface area contributed by atoms with Gasteiger partial charge in [0, 0.05) is 24.8 Å². The van der Waals surface area contributed by atoms with Crippen LogP contribution in [0.4, 0.5) is 5.69 Å². The maximum Gasteiger partial charge on any atom is 0.163 e. The van der Waals surface area contributed by atoms with Crippen LogP contribution in [0.2, 0.25) is 0 Å². The number of aromatic nitrogens is 2. The van der Waals surface area contributed by atoms with E-state index in [0.717, 1.165) is 16.7 Å². The van der Waals surface area contributed by atoms with Crippen LogP contribution in [-0.4, -0.2) is 22.8 Å². The van der Waals surface area contributed by atoms with Crippen LogP contribution in [0.5, 0.6) is 0 Å². The molecule has 0 saturated carbocycles. The van der Waals surface area contributed by atoms with Gasteiger partial charge in [0.15, 0.2) is 5.78 Å². The lowest BCUT2D eigenvalue weighted by Crippen LogP contribution is -2.01. The third-order valence-corrected chi connectivity index (χ3v) is 2.22. The monoisotopic (exact) mass is 189 g/mol. The smallest absolute Gasteiger partial charge is 0.163 e. The first-order valence-electron chi connectivity index (χ1n) is 4.39. The molecule has 0 aliphatic rings. The van der Waals surface area contributed by atoms with Crippen molar-refractivity contribution in [3.63, 3.8) is 0 Å². The van der Waals surface area contributed by atoms with E-state index in [-0.39, 0.29) is 5.78 Å². The van der Waals surface area contributed by atoms with Crippen molar-refractivity contribution < 1.29 is 4.79 Å². The van der Waals surface area contributed by atoms with E-state index < -0.39 is 0 Å². The van der Waals surface area contributed by atoms with Gasteiger partial charge >= 0.3 is 0 Å². The Labute approximate surface area is 81.3 Å². The van der Waals surface area contributed by atoms with Gasteiger partial charge < -0.3 is 10.3 Å². The normalized spacial score (nSPS) is 10.4. The number of pyridine rings is 1. The largest absolute Gasteiger partial charge is 0.387 e. The summed E-state index contributed by atoms with van der Waals surface area (Å²) in [6.07, 6.45) is 3.40. The zero-order chi connectivity index (χ0) is 10.1. The maximum absolute atomic E-state index is 11.3. The Kier molecular flexibility index (Phi) is 1.96. The first kappa shape index (κ1) is 8.74. The van der Waals surface area contributed by atoms with Gasteiger partial charge in [-0.3, -0.25) is 4.79 Å². The molecule has 0 unspecified atom stereocenters. The molecular weight excluding hydrogens is 178 g/mol. The number of anilines is 1. The highest BCUT2D eigenvalue weighted by molar-refractivity contribution is 6.06. The molecule has 0 amide bonds. The summed E-state index contributed by atoms with van der Waals surface area (Å²) in [4.78, 5) is 18.5. The zero-order valence-corrected chi connectivity index (χ0v) is 8.09. The van der Waals surface area contributed by atoms with Gasteiger partial charge in [0.2, 0.25) is 0 Å². The summed E-state index contributed by atoms with van der Waals surface area (Å²) in [6.45, 7) is 1.54. The SMILES string of the molecule is CNc1c(C(C)=O)cnc2[nH]ccc12. The van der Waals surface area contributed by atoms with Gasteiger partial charge in [0.25, 0.3) is 0 Å². The molecule has 2 aromatic heterocycles. The van der Waals surface area contributed by atoms with Gasteiger partial charge in [-0.2, -0.15) is 0 Å². The molecule has 0 saturated heterocycles. The average Bonchev–Trinajstić information content (AvgIpc) is 2.63. The summed E-state index contributed by atoms with van der Waals surface area (Å²) in [5, 5.41) is 3.97. The van der Waals surface area contributed by atoms with Gasteiger partial charge in [-0.25, -0.2) is 4.98 Å². The van der Waals surface area contributed by atoms with Gasteiger partial charge in [0.05, 0.1) is 11.3 Å². The Morgan fingerprint density at radius 3 is 3.00 bits per heavy atom. The summed E-state index contributed by atoms with van der Waals surface area (Å²) in [6, 6.07) is 1.90. The molecule has 14 heavy (non-hydrogen) atoms. The van der Waals surface area contributed by atoms with Crippen molar-refractivity contribution in [1.29, 1.82) is 0 Å². The minimum Gasteiger partial charge on any atom is -0.387 e. The summed E-state index contributed by atoms with van der Waals surface area (Å²) >= 11 is 0. The second-order valence-corrected chi connectivity index (χ2v) is 3.09. The van der Waals surface area contributed by atoms with Crippen LogP contribution in [0, 0.1) is 0 Å². The van der Waals surface area contributed by atoms with Crippen molar-refractivity contribution in [2.24, 2.45) is 0 Å². The molecule has 2 heterocycles. The fourth-order valence-corrected chi connectivity index (χ4v) is 1.54. The summed E-state index contributed by atoms with van der Waals surface area (Å²) < 4.78 is 0. The highest BCUT2D eigenvalue weighted by atomic mass is 16.1. The predicted octanol–water partition coefficient (Wildman–Crippen LogP) is 1.81. The van der Waals surface area contributed by atoms with E-state index in [9.17, 15) is 4.79 Å². The van der Waals surface area contributed by atoms with Crippen LogP contribution in [-0.2, 0) is 0 Å². The first-order chi connectivity index (χ1) is 6.74. The third-order valence-electron chi connectivity index (χ3n) is 2.22. The topological polar surface area (TPSA) is 57.8 Å². The second-order valence-electron chi connectivity index (χ2n) is 3.09. The molecule has 0 spiro atoms. The van der Waals surface area contributed by atoms with E-state index in [1.54, 1.807) is 13.2 Å². The van der Waals surface area contributed by atoms with Crippen molar-refractivity contribution >= 4 is 22.5 Å². The molecule has 4 nitrogen and oxygen atoms in total. The number of aromatic amines is 1. The average molecular weight is 189 g/mol. The Balaban J connectivity index is 2.78. The van der Waals surface area contributed by atoms with Crippen LogP contribution >= 0.6 is 0 Å². The number of Topliss-reactive ketones (excluding diaryl/α,β-unsaturated/α-hetero) is 1. The molecule has 2 N–H and O–H groups in total. The molecular formula is C10H11N3O. The lowest BCUT2D eigenvalue weighted by atomic mass is 10.1. The Bertz CT molecular complexity index is 487. The number of carbonyl (C=O) groups is 1. The number of H-pyrrole nitrogens is 1. The van der Waals surface area contributed by atoms with Crippen LogP contribution in [0.1, 0.15) is 17.3 Å². The van der Waals surface area contributed by atoms with Gasteiger partial charge in [-0.05, 0) is 13.0 Å². The van der Waals surface area contributed by atoms with E-state index in [0.29, 0.717) is 5.56 Å². The minimum absolute atomic E-state index is 0.0185. The second kappa shape index (κ2) is 3.14. The summed E-state index contributed by atoms with van der Waals surface area (Å²) in [7, 11) is 1.80.